The van der Waals surface area contributed by atoms with E-state index >= 15 is 0 Å². The summed E-state index contributed by atoms with van der Waals surface area (Å²) in [6.45, 7) is 4.26. The smallest absolute Gasteiger partial charge is 0.354 e. The number of carboxylic acid groups (broad SMARTS) is 1. The minimum absolute atomic E-state index is 0.0328. The van der Waals surface area contributed by atoms with Crippen LogP contribution in [-0.4, -0.2) is 43.1 Å². The van der Waals surface area contributed by atoms with Crippen molar-refractivity contribution in [3.8, 4) is 11.5 Å². The molecule has 2 fully saturated rings. The summed E-state index contributed by atoms with van der Waals surface area (Å²) >= 11 is 0. The Balaban J connectivity index is 1.65. The van der Waals surface area contributed by atoms with E-state index in [-0.39, 0.29) is 17.8 Å². The molecule has 2 aliphatic rings. The van der Waals surface area contributed by atoms with Crippen molar-refractivity contribution >= 4 is 17.9 Å². The summed E-state index contributed by atoms with van der Waals surface area (Å²) < 4.78 is 0. The van der Waals surface area contributed by atoms with Gasteiger partial charge < -0.3 is 15.7 Å². The van der Waals surface area contributed by atoms with Gasteiger partial charge in [0.1, 0.15) is 11.4 Å². The Labute approximate surface area is 157 Å². The molecule has 142 valence electrons. The van der Waals surface area contributed by atoms with Crippen LogP contribution in [-0.2, 0) is 0 Å². The fraction of sp³-hybridized carbons (Fsp3) is 0.526. The van der Waals surface area contributed by atoms with Crippen molar-refractivity contribution in [1.82, 2.24) is 19.9 Å². The van der Waals surface area contributed by atoms with Gasteiger partial charge in [0.15, 0.2) is 5.82 Å². The van der Waals surface area contributed by atoms with Crippen molar-refractivity contribution < 1.29 is 9.90 Å². The summed E-state index contributed by atoms with van der Waals surface area (Å²) in [5.74, 6) is 1.58. The maximum Gasteiger partial charge on any atom is 0.354 e. The number of nitrogens with one attached hydrogen (secondary N) is 2. The van der Waals surface area contributed by atoms with Crippen LogP contribution in [0.2, 0.25) is 0 Å². The number of aromatic carboxylic acids is 1. The van der Waals surface area contributed by atoms with Gasteiger partial charge in [-0.2, -0.15) is 15.0 Å². The van der Waals surface area contributed by atoms with Crippen LogP contribution < -0.4 is 10.6 Å². The Kier molecular flexibility index (Phi) is 4.63. The molecule has 0 spiro atoms. The number of nitrogens with zero attached hydrogens (tertiary/aromatic N) is 4. The number of hydrogen-bond acceptors (Lipinski definition) is 7. The number of pyridine rings is 1. The number of aromatic nitrogens is 4. The first-order chi connectivity index (χ1) is 13.0. The third-order valence-electron chi connectivity index (χ3n) is 5.20. The predicted molar refractivity (Wildman–Crippen MR) is 102 cm³/mol. The van der Waals surface area contributed by atoms with Crippen molar-refractivity contribution in [2.75, 3.05) is 10.6 Å². The first-order valence-electron chi connectivity index (χ1n) is 9.49. The van der Waals surface area contributed by atoms with Crippen molar-refractivity contribution in [3.05, 3.63) is 23.9 Å². The van der Waals surface area contributed by atoms with E-state index in [9.17, 15) is 9.90 Å². The quantitative estimate of drug-likeness (QED) is 0.651. The molecule has 8 nitrogen and oxygen atoms in total. The second kappa shape index (κ2) is 7.09. The van der Waals surface area contributed by atoms with Crippen LogP contribution >= 0.6 is 0 Å². The van der Waals surface area contributed by atoms with Gasteiger partial charge in [0.2, 0.25) is 11.9 Å². The molecule has 2 unspecified atom stereocenters. The molecule has 2 saturated carbocycles. The average molecular weight is 368 g/mol. The second-order valence-corrected chi connectivity index (χ2v) is 7.56. The third kappa shape index (κ3) is 4.32. The van der Waals surface area contributed by atoms with Gasteiger partial charge in [-0.25, -0.2) is 9.78 Å². The Morgan fingerprint density at radius 3 is 2.00 bits per heavy atom. The molecule has 0 saturated heterocycles. The lowest BCUT2D eigenvalue weighted by Gasteiger charge is -2.17. The molecule has 2 atom stereocenters. The summed E-state index contributed by atoms with van der Waals surface area (Å²) in [6.07, 6.45) is 4.88. The highest BCUT2D eigenvalue weighted by molar-refractivity contribution is 5.85. The molecule has 3 N–H and O–H groups in total. The topological polar surface area (TPSA) is 113 Å². The van der Waals surface area contributed by atoms with Gasteiger partial charge in [0.25, 0.3) is 0 Å². The van der Waals surface area contributed by atoms with Crippen LogP contribution in [0.4, 0.5) is 11.9 Å². The maximum absolute atomic E-state index is 11.2. The normalized spacial score (nSPS) is 18.6. The standard InChI is InChI=1S/C19H24N6O2/c1-10(12-6-7-12)20-18-23-16(14-4-3-5-15(22-14)17(26)27)24-19(25-18)21-11(2)13-8-9-13/h3-5,10-13H,6-9H2,1-2H3,(H,26,27)(H2,20,21,23,24,25). The lowest BCUT2D eigenvalue weighted by atomic mass is 10.2. The zero-order chi connectivity index (χ0) is 19.0. The van der Waals surface area contributed by atoms with Crippen LogP contribution in [0, 0.1) is 11.8 Å². The fourth-order valence-electron chi connectivity index (χ4n) is 3.13. The molecular weight excluding hydrogens is 344 g/mol. The highest BCUT2D eigenvalue weighted by atomic mass is 16.4. The molecule has 2 aromatic rings. The van der Waals surface area contributed by atoms with Crippen molar-refractivity contribution in [3.63, 3.8) is 0 Å². The van der Waals surface area contributed by atoms with Crippen LogP contribution in [0.1, 0.15) is 50.0 Å². The monoisotopic (exact) mass is 368 g/mol. The molecule has 0 bridgehead atoms. The third-order valence-corrected chi connectivity index (χ3v) is 5.20. The number of rotatable bonds is 8. The van der Waals surface area contributed by atoms with E-state index in [0.717, 1.165) is 0 Å². The second-order valence-electron chi connectivity index (χ2n) is 7.56. The molecule has 2 aromatic heterocycles. The number of carboxylic acids is 1. The number of carbonyl (C=O) groups is 1. The minimum Gasteiger partial charge on any atom is -0.477 e. The summed E-state index contributed by atoms with van der Waals surface area (Å²) in [6, 6.07) is 5.38. The molecule has 0 aliphatic heterocycles. The average Bonchev–Trinajstić information content (AvgIpc) is 3.54. The van der Waals surface area contributed by atoms with Crippen LogP contribution in [0.15, 0.2) is 18.2 Å². The van der Waals surface area contributed by atoms with E-state index in [4.69, 9.17) is 0 Å². The van der Waals surface area contributed by atoms with E-state index in [1.807, 2.05) is 0 Å². The molecule has 2 heterocycles. The fourth-order valence-corrected chi connectivity index (χ4v) is 3.13. The highest BCUT2D eigenvalue weighted by Crippen LogP contribution is 2.35. The first kappa shape index (κ1) is 17.6. The van der Waals surface area contributed by atoms with E-state index in [2.05, 4.69) is 44.4 Å². The van der Waals surface area contributed by atoms with Crippen LogP contribution in [0.5, 0.6) is 0 Å². The van der Waals surface area contributed by atoms with E-state index in [1.165, 1.54) is 31.7 Å². The van der Waals surface area contributed by atoms with Crippen molar-refractivity contribution in [2.45, 2.75) is 51.6 Å². The Hall–Kier alpha value is -2.77. The first-order valence-corrected chi connectivity index (χ1v) is 9.49. The lowest BCUT2D eigenvalue weighted by Crippen LogP contribution is -2.23. The van der Waals surface area contributed by atoms with Gasteiger partial charge in [-0.15, -0.1) is 0 Å². The Bertz CT molecular complexity index is 812. The highest BCUT2D eigenvalue weighted by Gasteiger charge is 2.30. The lowest BCUT2D eigenvalue weighted by molar-refractivity contribution is 0.0690. The Morgan fingerprint density at radius 2 is 1.52 bits per heavy atom. The van der Waals surface area contributed by atoms with E-state index < -0.39 is 5.97 Å². The van der Waals surface area contributed by atoms with Gasteiger partial charge in [-0.05, 0) is 63.5 Å². The maximum atomic E-state index is 11.2. The summed E-state index contributed by atoms with van der Waals surface area (Å²) in [4.78, 5) is 28.9. The minimum atomic E-state index is -1.08. The van der Waals surface area contributed by atoms with E-state index in [0.29, 0.717) is 35.3 Å². The van der Waals surface area contributed by atoms with Crippen LogP contribution in [0.25, 0.3) is 11.5 Å². The molecule has 0 aromatic carbocycles. The van der Waals surface area contributed by atoms with Gasteiger partial charge in [0.05, 0.1) is 0 Å². The summed E-state index contributed by atoms with van der Waals surface area (Å²) in [5, 5.41) is 15.9. The molecule has 27 heavy (non-hydrogen) atoms. The zero-order valence-electron chi connectivity index (χ0n) is 15.5. The predicted octanol–water partition coefficient (Wildman–Crippen LogP) is 3.05. The molecular formula is C19H24N6O2. The Morgan fingerprint density at radius 1 is 0.963 bits per heavy atom. The molecule has 0 radical (unpaired) electrons. The van der Waals surface area contributed by atoms with Gasteiger partial charge in [-0.3, -0.25) is 0 Å². The molecule has 8 heteroatoms. The summed E-state index contributed by atoms with van der Waals surface area (Å²) in [5.41, 5.74) is 0.385. The largest absolute Gasteiger partial charge is 0.477 e. The number of anilines is 2. The van der Waals surface area contributed by atoms with Crippen molar-refractivity contribution in [1.29, 1.82) is 0 Å². The van der Waals surface area contributed by atoms with Gasteiger partial charge in [-0.1, -0.05) is 6.07 Å². The van der Waals surface area contributed by atoms with E-state index in [1.54, 1.807) is 12.1 Å². The molecule has 4 rings (SSSR count). The van der Waals surface area contributed by atoms with Crippen LogP contribution in [0.3, 0.4) is 0 Å². The number of hydrogen-bond donors (Lipinski definition) is 3. The van der Waals surface area contributed by atoms with Gasteiger partial charge in [0, 0.05) is 12.1 Å². The SMILES string of the molecule is CC(Nc1nc(NC(C)C2CC2)nc(-c2cccc(C(=O)O)n2)n1)C1CC1. The molecule has 0 amide bonds. The summed E-state index contributed by atoms with van der Waals surface area (Å²) in [7, 11) is 0. The molecule has 2 aliphatic carbocycles. The van der Waals surface area contributed by atoms with Gasteiger partial charge >= 0.3 is 5.97 Å². The van der Waals surface area contributed by atoms with Crippen molar-refractivity contribution in [2.24, 2.45) is 11.8 Å². The zero-order valence-corrected chi connectivity index (χ0v) is 15.5.